The number of aryl methyl sites for hydroxylation is 2. The fourth-order valence-electron chi connectivity index (χ4n) is 2.77. The molecule has 0 bridgehead atoms. The standard InChI is InChI=1S/C15H19N3O3/c1-3-5-11-9-12(17-20-11)13-6-4-7-18(13)15(19)14-8-10(2)16-21-14/h8-9,13H,3-7H2,1-2H3/t13-/m1/s1. The maximum Gasteiger partial charge on any atom is 0.293 e. The molecule has 3 rings (SSSR count). The van der Waals surface area contributed by atoms with E-state index in [0.717, 1.165) is 37.1 Å². The number of rotatable bonds is 4. The smallest absolute Gasteiger partial charge is 0.293 e. The Morgan fingerprint density at radius 2 is 2.24 bits per heavy atom. The zero-order valence-corrected chi connectivity index (χ0v) is 12.3. The van der Waals surface area contributed by atoms with E-state index in [1.165, 1.54) is 0 Å². The highest BCUT2D eigenvalue weighted by molar-refractivity contribution is 5.91. The Kier molecular flexibility index (Phi) is 3.77. The van der Waals surface area contributed by atoms with Gasteiger partial charge in [0.15, 0.2) is 0 Å². The molecule has 6 heteroatoms. The van der Waals surface area contributed by atoms with Crippen LogP contribution in [0.1, 0.15) is 59.9 Å². The summed E-state index contributed by atoms with van der Waals surface area (Å²) in [6.07, 6.45) is 3.74. The van der Waals surface area contributed by atoms with Crippen molar-refractivity contribution in [3.05, 3.63) is 35.0 Å². The van der Waals surface area contributed by atoms with E-state index in [9.17, 15) is 4.79 Å². The van der Waals surface area contributed by atoms with Crippen LogP contribution in [-0.2, 0) is 6.42 Å². The van der Waals surface area contributed by atoms with Gasteiger partial charge in [-0.15, -0.1) is 0 Å². The quantitative estimate of drug-likeness (QED) is 0.865. The van der Waals surface area contributed by atoms with Crippen molar-refractivity contribution in [1.82, 2.24) is 15.2 Å². The lowest BCUT2D eigenvalue weighted by molar-refractivity contribution is 0.0688. The average Bonchev–Trinajstić information content (AvgIpc) is 3.17. The first-order valence-corrected chi connectivity index (χ1v) is 7.39. The zero-order valence-electron chi connectivity index (χ0n) is 12.3. The third-order valence-corrected chi connectivity index (χ3v) is 3.77. The van der Waals surface area contributed by atoms with Crippen LogP contribution in [0.5, 0.6) is 0 Å². The molecule has 0 aliphatic carbocycles. The molecule has 0 N–H and O–H groups in total. The minimum absolute atomic E-state index is 0.0303. The summed E-state index contributed by atoms with van der Waals surface area (Å²) in [4.78, 5) is 14.3. The fourth-order valence-corrected chi connectivity index (χ4v) is 2.77. The van der Waals surface area contributed by atoms with Gasteiger partial charge in [-0.2, -0.15) is 0 Å². The van der Waals surface area contributed by atoms with Crippen LogP contribution in [0.25, 0.3) is 0 Å². The summed E-state index contributed by atoms with van der Waals surface area (Å²) in [5, 5.41) is 7.91. The Morgan fingerprint density at radius 1 is 1.38 bits per heavy atom. The first-order chi connectivity index (χ1) is 10.2. The van der Waals surface area contributed by atoms with Crippen LogP contribution in [0.3, 0.4) is 0 Å². The van der Waals surface area contributed by atoms with Gasteiger partial charge in [-0.3, -0.25) is 4.79 Å². The highest BCUT2D eigenvalue weighted by atomic mass is 16.5. The van der Waals surface area contributed by atoms with E-state index >= 15 is 0 Å². The number of nitrogens with zero attached hydrogens (tertiary/aromatic N) is 3. The first kappa shape index (κ1) is 13.9. The van der Waals surface area contributed by atoms with Crippen LogP contribution >= 0.6 is 0 Å². The number of carbonyl (C=O) groups is 1. The molecule has 1 atom stereocenters. The van der Waals surface area contributed by atoms with E-state index in [0.29, 0.717) is 12.2 Å². The van der Waals surface area contributed by atoms with Crippen molar-refractivity contribution in [1.29, 1.82) is 0 Å². The molecule has 1 fully saturated rings. The van der Waals surface area contributed by atoms with Gasteiger partial charge < -0.3 is 13.9 Å². The number of hydrogen-bond acceptors (Lipinski definition) is 5. The minimum atomic E-state index is -0.127. The molecule has 0 spiro atoms. The largest absolute Gasteiger partial charge is 0.361 e. The van der Waals surface area contributed by atoms with Crippen LogP contribution in [-0.4, -0.2) is 27.7 Å². The predicted molar refractivity (Wildman–Crippen MR) is 74.7 cm³/mol. The van der Waals surface area contributed by atoms with Crippen molar-refractivity contribution in [2.45, 2.75) is 45.6 Å². The minimum Gasteiger partial charge on any atom is -0.361 e. The third kappa shape index (κ3) is 2.70. The second kappa shape index (κ2) is 5.71. The molecular weight excluding hydrogens is 270 g/mol. The topological polar surface area (TPSA) is 72.4 Å². The second-order valence-corrected chi connectivity index (χ2v) is 5.46. The van der Waals surface area contributed by atoms with Crippen molar-refractivity contribution in [2.24, 2.45) is 0 Å². The summed E-state index contributed by atoms with van der Waals surface area (Å²) < 4.78 is 10.4. The van der Waals surface area contributed by atoms with Crippen molar-refractivity contribution < 1.29 is 13.8 Å². The zero-order chi connectivity index (χ0) is 14.8. The maximum atomic E-state index is 12.5. The lowest BCUT2D eigenvalue weighted by Gasteiger charge is -2.21. The molecule has 6 nitrogen and oxygen atoms in total. The lowest BCUT2D eigenvalue weighted by Crippen LogP contribution is -2.30. The predicted octanol–water partition coefficient (Wildman–Crippen LogP) is 2.90. The Hall–Kier alpha value is -2.11. The normalized spacial score (nSPS) is 18.4. The van der Waals surface area contributed by atoms with Gasteiger partial charge >= 0.3 is 0 Å². The number of likely N-dealkylation sites (tertiary alicyclic amines) is 1. The molecule has 2 aromatic heterocycles. The lowest BCUT2D eigenvalue weighted by atomic mass is 10.1. The molecular formula is C15H19N3O3. The molecule has 0 radical (unpaired) electrons. The highest BCUT2D eigenvalue weighted by Gasteiger charge is 2.34. The summed E-state index contributed by atoms with van der Waals surface area (Å²) >= 11 is 0. The number of carbonyl (C=O) groups excluding carboxylic acids is 1. The second-order valence-electron chi connectivity index (χ2n) is 5.46. The van der Waals surface area contributed by atoms with Crippen LogP contribution in [0.4, 0.5) is 0 Å². The Bertz CT molecular complexity index is 632. The number of aromatic nitrogens is 2. The molecule has 112 valence electrons. The number of hydrogen-bond donors (Lipinski definition) is 0. The Balaban J connectivity index is 1.79. The molecule has 1 aliphatic heterocycles. The van der Waals surface area contributed by atoms with E-state index in [-0.39, 0.29) is 17.7 Å². The van der Waals surface area contributed by atoms with Gasteiger partial charge in [-0.25, -0.2) is 0 Å². The molecule has 1 saturated heterocycles. The van der Waals surface area contributed by atoms with E-state index in [2.05, 4.69) is 17.2 Å². The first-order valence-electron chi connectivity index (χ1n) is 7.39. The van der Waals surface area contributed by atoms with Gasteiger partial charge in [0, 0.05) is 25.1 Å². The maximum absolute atomic E-state index is 12.5. The molecule has 2 aromatic rings. The van der Waals surface area contributed by atoms with Crippen LogP contribution in [0.2, 0.25) is 0 Å². The van der Waals surface area contributed by atoms with Gasteiger partial charge in [0.05, 0.1) is 11.7 Å². The SMILES string of the molecule is CCCc1cc([C@H]2CCCN2C(=O)c2cc(C)no2)no1. The van der Waals surface area contributed by atoms with Gasteiger partial charge in [0.25, 0.3) is 5.91 Å². The Labute approximate surface area is 123 Å². The van der Waals surface area contributed by atoms with E-state index < -0.39 is 0 Å². The van der Waals surface area contributed by atoms with Crippen LogP contribution in [0, 0.1) is 6.92 Å². The molecule has 0 saturated carbocycles. The molecule has 21 heavy (non-hydrogen) atoms. The van der Waals surface area contributed by atoms with Gasteiger partial charge in [-0.1, -0.05) is 17.2 Å². The van der Waals surface area contributed by atoms with Crippen LogP contribution < -0.4 is 0 Å². The molecule has 3 heterocycles. The summed E-state index contributed by atoms with van der Waals surface area (Å²) in [6.45, 7) is 4.61. The third-order valence-electron chi connectivity index (χ3n) is 3.77. The highest BCUT2D eigenvalue weighted by Crippen LogP contribution is 2.33. The molecule has 0 aromatic carbocycles. The summed E-state index contributed by atoms with van der Waals surface area (Å²) in [5.41, 5.74) is 1.54. The molecule has 1 aliphatic rings. The van der Waals surface area contributed by atoms with Crippen molar-refractivity contribution in [3.8, 4) is 0 Å². The summed E-state index contributed by atoms with van der Waals surface area (Å²) in [6, 6.07) is 3.60. The molecule has 1 amide bonds. The van der Waals surface area contributed by atoms with Crippen molar-refractivity contribution >= 4 is 5.91 Å². The Morgan fingerprint density at radius 3 is 2.95 bits per heavy atom. The summed E-state index contributed by atoms with van der Waals surface area (Å²) in [5.74, 6) is 1.04. The van der Waals surface area contributed by atoms with Crippen molar-refractivity contribution in [2.75, 3.05) is 6.54 Å². The van der Waals surface area contributed by atoms with Crippen LogP contribution in [0.15, 0.2) is 21.2 Å². The molecule has 0 unspecified atom stereocenters. The van der Waals surface area contributed by atoms with Gasteiger partial charge in [0.2, 0.25) is 5.76 Å². The van der Waals surface area contributed by atoms with E-state index in [1.807, 2.05) is 6.07 Å². The summed E-state index contributed by atoms with van der Waals surface area (Å²) in [7, 11) is 0. The van der Waals surface area contributed by atoms with Gasteiger partial charge in [-0.05, 0) is 26.2 Å². The van der Waals surface area contributed by atoms with Crippen molar-refractivity contribution in [3.63, 3.8) is 0 Å². The number of amides is 1. The fraction of sp³-hybridized carbons (Fsp3) is 0.533. The average molecular weight is 289 g/mol. The monoisotopic (exact) mass is 289 g/mol. The van der Waals surface area contributed by atoms with E-state index in [1.54, 1.807) is 17.9 Å². The van der Waals surface area contributed by atoms with Gasteiger partial charge in [0.1, 0.15) is 11.5 Å². The van der Waals surface area contributed by atoms with E-state index in [4.69, 9.17) is 9.05 Å².